The molecule has 0 heterocycles. The number of hydrogen-bond acceptors (Lipinski definition) is 4. The van der Waals surface area contributed by atoms with Crippen LogP contribution in [0.1, 0.15) is 35.3 Å². The molecule has 0 saturated carbocycles. The van der Waals surface area contributed by atoms with Gasteiger partial charge in [-0.25, -0.2) is 0 Å². The maximum absolute atomic E-state index is 12.8. The summed E-state index contributed by atoms with van der Waals surface area (Å²) in [6.45, 7) is 6.23. The van der Waals surface area contributed by atoms with Gasteiger partial charge in [0.2, 0.25) is 11.8 Å². The van der Waals surface area contributed by atoms with E-state index in [1.54, 1.807) is 23.1 Å². The maximum atomic E-state index is 12.8. The summed E-state index contributed by atoms with van der Waals surface area (Å²) in [5.74, 6) is -0.703. The van der Waals surface area contributed by atoms with Gasteiger partial charge in [-0.3, -0.25) is 14.4 Å². The van der Waals surface area contributed by atoms with Crippen LogP contribution in [-0.2, 0) is 16.1 Å². The minimum Gasteiger partial charge on any atom is -0.350 e. The van der Waals surface area contributed by atoms with Crippen LogP contribution in [0.15, 0.2) is 48.5 Å². The maximum Gasteiger partial charge on any atom is 0.252 e. The van der Waals surface area contributed by atoms with Gasteiger partial charge in [-0.2, -0.15) is 0 Å². The second-order valence-electron chi connectivity index (χ2n) is 8.21. The van der Waals surface area contributed by atoms with E-state index < -0.39 is 6.04 Å². The van der Waals surface area contributed by atoms with Crippen LogP contribution < -0.4 is 16.0 Å². The third kappa shape index (κ3) is 7.53. The predicted octanol–water partition coefficient (Wildman–Crippen LogP) is 2.57. The van der Waals surface area contributed by atoms with Crippen molar-refractivity contribution in [3.05, 3.63) is 65.2 Å². The van der Waals surface area contributed by atoms with E-state index in [0.717, 1.165) is 11.1 Å². The Morgan fingerprint density at radius 3 is 2.35 bits per heavy atom. The Bertz CT molecular complexity index is 925. The molecule has 0 aromatic heterocycles. The summed E-state index contributed by atoms with van der Waals surface area (Å²) < 4.78 is 0. The van der Waals surface area contributed by atoms with Crippen molar-refractivity contribution in [1.82, 2.24) is 15.5 Å². The zero-order valence-corrected chi connectivity index (χ0v) is 18.9. The molecule has 3 amide bonds. The zero-order valence-electron chi connectivity index (χ0n) is 18.9. The highest BCUT2D eigenvalue weighted by Gasteiger charge is 2.25. The second-order valence-corrected chi connectivity index (χ2v) is 8.21. The number of nitrogens with zero attached hydrogens (tertiary/aromatic N) is 1. The van der Waals surface area contributed by atoms with Crippen LogP contribution in [0.3, 0.4) is 0 Å². The first kappa shape index (κ1) is 24.1. The van der Waals surface area contributed by atoms with E-state index in [0.29, 0.717) is 17.8 Å². The molecule has 0 saturated heterocycles. The summed E-state index contributed by atoms with van der Waals surface area (Å²) in [7, 11) is 3.66. The molecule has 1 atom stereocenters. The van der Waals surface area contributed by atoms with Crippen molar-refractivity contribution in [1.29, 1.82) is 0 Å². The van der Waals surface area contributed by atoms with E-state index in [2.05, 4.69) is 16.0 Å². The number of carbonyl (C=O) groups excluding carboxylic acids is 3. The minimum atomic E-state index is -0.657. The van der Waals surface area contributed by atoms with Gasteiger partial charge in [-0.05, 0) is 56.3 Å². The van der Waals surface area contributed by atoms with Crippen molar-refractivity contribution in [3.63, 3.8) is 0 Å². The van der Waals surface area contributed by atoms with Gasteiger partial charge in [0.1, 0.15) is 6.04 Å². The van der Waals surface area contributed by atoms with E-state index in [1.807, 2.05) is 65.2 Å². The average Bonchev–Trinajstić information content (AvgIpc) is 2.69. The van der Waals surface area contributed by atoms with E-state index in [-0.39, 0.29) is 30.2 Å². The first-order chi connectivity index (χ1) is 14.7. The number of aryl methyl sites for hydroxylation is 1. The molecule has 3 N–H and O–H groups in total. The van der Waals surface area contributed by atoms with Crippen molar-refractivity contribution in [3.8, 4) is 0 Å². The normalized spacial score (nSPS) is 11.8. The largest absolute Gasteiger partial charge is 0.350 e. The van der Waals surface area contributed by atoms with Gasteiger partial charge in [0.15, 0.2) is 0 Å². The highest BCUT2D eigenvalue weighted by Crippen LogP contribution is 2.12. The van der Waals surface area contributed by atoms with Crippen LogP contribution in [0, 0.1) is 12.8 Å². The van der Waals surface area contributed by atoms with Crippen LogP contribution in [0.4, 0.5) is 5.69 Å². The monoisotopic (exact) mass is 424 g/mol. The SMILES string of the molecule is Cc1ccccc1C(=O)NC(C(=O)NCc1cccc(NC(=O)CN(C)C)c1)C(C)C. The molecule has 0 radical (unpaired) electrons. The Hall–Kier alpha value is -3.19. The minimum absolute atomic E-state index is 0.0791. The van der Waals surface area contributed by atoms with E-state index >= 15 is 0 Å². The molecule has 166 valence electrons. The first-order valence-electron chi connectivity index (χ1n) is 10.3. The molecule has 7 nitrogen and oxygen atoms in total. The van der Waals surface area contributed by atoms with E-state index in [9.17, 15) is 14.4 Å². The van der Waals surface area contributed by atoms with Crippen LogP contribution in [-0.4, -0.2) is 49.3 Å². The third-order valence-corrected chi connectivity index (χ3v) is 4.76. The Morgan fingerprint density at radius 2 is 1.71 bits per heavy atom. The lowest BCUT2D eigenvalue weighted by Gasteiger charge is -2.22. The topological polar surface area (TPSA) is 90.5 Å². The number of benzene rings is 2. The summed E-state index contributed by atoms with van der Waals surface area (Å²) in [5.41, 5.74) is 2.94. The summed E-state index contributed by atoms with van der Waals surface area (Å²) in [4.78, 5) is 39.2. The summed E-state index contributed by atoms with van der Waals surface area (Å²) in [6.07, 6.45) is 0. The molecule has 0 fully saturated rings. The van der Waals surface area contributed by atoms with Crippen LogP contribution >= 0.6 is 0 Å². The molecule has 2 aromatic carbocycles. The van der Waals surface area contributed by atoms with Crippen molar-refractivity contribution in [2.24, 2.45) is 5.92 Å². The molecule has 7 heteroatoms. The zero-order chi connectivity index (χ0) is 23.0. The van der Waals surface area contributed by atoms with Gasteiger partial charge in [0.25, 0.3) is 5.91 Å². The molecule has 2 aromatic rings. The lowest BCUT2D eigenvalue weighted by atomic mass is 10.0. The molecule has 0 aliphatic heterocycles. The standard InChI is InChI=1S/C24H32N4O3/c1-16(2)22(27-23(30)20-12-7-6-9-17(20)3)24(31)25-14-18-10-8-11-19(13-18)26-21(29)15-28(4)5/h6-13,16,22H,14-15H2,1-5H3,(H,25,31)(H,26,29)(H,27,30). The van der Waals surface area contributed by atoms with Crippen LogP contribution in [0.5, 0.6) is 0 Å². The summed E-state index contributed by atoms with van der Waals surface area (Å²) >= 11 is 0. The van der Waals surface area contributed by atoms with Gasteiger partial charge in [-0.1, -0.05) is 44.2 Å². The number of amides is 3. The summed E-state index contributed by atoms with van der Waals surface area (Å²) in [5, 5.41) is 8.58. The fraction of sp³-hybridized carbons (Fsp3) is 0.375. The highest BCUT2D eigenvalue weighted by molar-refractivity contribution is 5.98. The number of rotatable bonds is 9. The molecular weight excluding hydrogens is 392 g/mol. The molecule has 31 heavy (non-hydrogen) atoms. The number of likely N-dealkylation sites (N-methyl/N-ethyl adjacent to an activating group) is 1. The average molecular weight is 425 g/mol. The molecule has 0 aliphatic rings. The van der Waals surface area contributed by atoms with E-state index in [1.165, 1.54) is 0 Å². The Balaban J connectivity index is 1.99. The molecule has 0 spiro atoms. The summed E-state index contributed by atoms with van der Waals surface area (Å²) in [6, 6.07) is 14.0. The van der Waals surface area contributed by atoms with Crippen molar-refractivity contribution in [2.45, 2.75) is 33.4 Å². The van der Waals surface area contributed by atoms with Gasteiger partial charge in [0, 0.05) is 17.8 Å². The van der Waals surface area contributed by atoms with Crippen LogP contribution in [0.25, 0.3) is 0 Å². The fourth-order valence-corrected chi connectivity index (χ4v) is 3.13. The Labute approximate surface area is 184 Å². The van der Waals surface area contributed by atoms with Crippen molar-refractivity contribution < 1.29 is 14.4 Å². The van der Waals surface area contributed by atoms with E-state index in [4.69, 9.17) is 0 Å². The predicted molar refractivity (Wildman–Crippen MR) is 123 cm³/mol. The molecular formula is C24H32N4O3. The van der Waals surface area contributed by atoms with Gasteiger partial charge >= 0.3 is 0 Å². The lowest BCUT2D eigenvalue weighted by molar-refractivity contribution is -0.124. The van der Waals surface area contributed by atoms with Crippen LogP contribution in [0.2, 0.25) is 0 Å². The molecule has 1 unspecified atom stereocenters. The van der Waals surface area contributed by atoms with Gasteiger partial charge in [0.05, 0.1) is 6.54 Å². The lowest BCUT2D eigenvalue weighted by Crippen LogP contribution is -2.49. The fourth-order valence-electron chi connectivity index (χ4n) is 3.13. The number of hydrogen-bond donors (Lipinski definition) is 3. The molecule has 0 aliphatic carbocycles. The number of carbonyl (C=O) groups is 3. The van der Waals surface area contributed by atoms with Crippen molar-refractivity contribution in [2.75, 3.05) is 26.0 Å². The number of nitrogens with one attached hydrogen (secondary N) is 3. The third-order valence-electron chi connectivity index (χ3n) is 4.76. The second kappa shape index (κ2) is 11.3. The van der Waals surface area contributed by atoms with Crippen molar-refractivity contribution >= 4 is 23.4 Å². The Morgan fingerprint density at radius 1 is 1.00 bits per heavy atom. The number of anilines is 1. The highest BCUT2D eigenvalue weighted by atomic mass is 16.2. The van der Waals surface area contributed by atoms with Gasteiger partial charge < -0.3 is 20.9 Å². The molecule has 0 bridgehead atoms. The molecule has 2 rings (SSSR count). The first-order valence-corrected chi connectivity index (χ1v) is 10.3. The smallest absolute Gasteiger partial charge is 0.252 e. The van der Waals surface area contributed by atoms with Gasteiger partial charge in [-0.15, -0.1) is 0 Å². The quantitative estimate of drug-likeness (QED) is 0.577. The Kier molecular flexibility index (Phi) is 8.75.